The van der Waals surface area contributed by atoms with E-state index in [9.17, 15) is 0 Å². The molecular weight excluding hydrogens is 164 g/mol. The Labute approximate surface area is 70.4 Å². The van der Waals surface area contributed by atoms with Crippen molar-refractivity contribution in [3.05, 3.63) is 29.3 Å². The predicted molar refractivity (Wildman–Crippen MR) is 42.9 cm³/mol. The molecule has 11 heavy (non-hydrogen) atoms. The van der Waals surface area contributed by atoms with Gasteiger partial charge in [-0.05, 0) is 18.2 Å². The molecule has 0 aliphatic carbocycles. The molecule has 0 heterocycles. The van der Waals surface area contributed by atoms with Crippen molar-refractivity contribution in [1.29, 1.82) is 0 Å². The minimum Gasteiger partial charge on any atom is -0.490 e. The summed E-state index contributed by atoms with van der Waals surface area (Å²) in [6.45, 7) is 0.253. The number of hydrogen-bond acceptors (Lipinski definition) is 2. The first-order valence-corrected chi connectivity index (χ1v) is 3.61. The van der Waals surface area contributed by atoms with Gasteiger partial charge in [0.25, 0.3) is 0 Å². The Bertz CT molecular complexity index is 225. The molecule has 0 aromatic heterocycles. The van der Waals surface area contributed by atoms with Gasteiger partial charge >= 0.3 is 0 Å². The van der Waals surface area contributed by atoms with Crippen LogP contribution in [0.15, 0.2) is 18.2 Å². The molecule has 1 radical (unpaired) electrons. The maximum Gasteiger partial charge on any atom is 0.138 e. The number of aliphatic hydroxyl groups is 1. The molecular formula is C8H8ClO2. The van der Waals surface area contributed by atoms with Crippen molar-refractivity contribution < 1.29 is 9.84 Å². The van der Waals surface area contributed by atoms with Gasteiger partial charge in [0, 0.05) is 0 Å². The fourth-order valence-electron chi connectivity index (χ4n) is 0.662. The highest BCUT2D eigenvalue weighted by molar-refractivity contribution is 6.32. The van der Waals surface area contributed by atoms with Crippen LogP contribution in [-0.2, 0) is 0 Å². The van der Waals surface area contributed by atoms with Gasteiger partial charge in [0.05, 0.1) is 11.6 Å². The smallest absolute Gasteiger partial charge is 0.138 e. The Kier molecular flexibility index (Phi) is 3.20. The van der Waals surface area contributed by atoms with E-state index in [1.807, 2.05) is 0 Å². The molecule has 0 aliphatic rings. The Hall–Kier alpha value is -0.730. The van der Waals surface area contributed by atoms with Crippen LogP contribution in [0.25, 0.3) is 0 Å². The van der Waals surface area contributed by atoms with Crippen molar-refractivity contribution in [3.8, 4) is 5.75 Å². The predicted octanol–water partition coefficient (Wildman–Crippen LogP) is 1.51. The third-order valence-electron chi connectivity index (χ3n) is 1.12. The van der Waals surface area contributed by atoms with Gasteiger partial charge in [-0.25, -0.2) is 0 Å². The fourth-order valence-corrected chi connectivity index (χ4v) is 0.834. The van der Waals surface area contributed by atoms with Crippen molar-refractivity contribution in [2.75, 3.05) is 13.2 Å². The van der Waals surface area contributed by atoms with E-state index in [1.165, 1.54) is 0 Å². The van der Waals surface area contributed by atoms with Crippen LogP contribution in [0, 0.1) is 6.07 Å². The van der Waals surface area contributed by atoms with E-state index in [-0.39, 0.29) is 13.2 Å². The highest BCUT2D eigenvalue weighted by Gasteiger charge is 1.97. The topological polar surface area (TPSA) is 29.5 Å². The second-order valence-corrected chi connectivity index (χ2v) is 2.34. The Balaban J connectivity index is 2.62. The molecule has 1 aromatic carbocycles. The third kappa shape index (κ3) is 2.41. The summed E-state index contributed by atoms with van der Waals surface area (Å²) in [4.78, 5) is 0. The molecule has 0 saturated heterocycles. The number of aliphatic hydroxyl groups excluding tert-OH is 1. The van der Waals surface area contributed by atoms with Gasteiger partial charge in [-0.1, -0.05) is 17.7 Å². The second kappa shape index (κ2) is 4.21. The van der Waals surface area contributed by atoms with Crippen molar-refractivity contribution in [1.82, 2.24) is 0 Å². The lowest BCUT2D eigenvalue weighted by molar-refractivity contribution is 0.201. The molecule has 0 unspecified atom stereocenters. The van der Waals surface area contributed by atoms with Crippen LogP contribution < -0.4 is 4.74 Å². The van der Waals surface area contributed by atoms with Crippen LogP contribution in [0.1, 0.15) is 0 Å². The number of rotatable bonds is 3. The zero-order valence-electron chi connectivity index (χ0n) is 5.88. The molecule has 1 N–H and O–H groups in total. The van der Waals surface area contributed by atoms with E-state index in [0.29, 0.717) is 10.8 Å². The average Bonchev–Trinajstić information content (AvgIpc) is 2.03. The first kappa shape index (κ1) is 8.37. The molecule has 0 atom stereocenters. The maximum absolute atomic E-state index is 8.44. The Morgan fingerprint density at radius 2 is 2.45 bits per heavy atom. The van der Waals surface area contributed by atoms with E-state index < -0.39 is 0 Å². The molecule has 2 nitrogen and oxygen atoms in total. The lowest BCUT2D eigenvalue weighted by Gasteiger charge is -2.04. The second-order valence-electron chi connectivity index (χ2n) is 1.93. The van der Waals surface area contributed by atoms with Crippen LogP contribution in [0.2, 0.25) is 5.02 Å². The van der Waals surface area contributed by atoms with E-state index >= 15 is 0 Å². The van der Waals surface area contributed by atoms with Crippen molar-refractivity contribution in [3.63, 3.8) is 0 Å². The van der Waals surface area contributed by atoms with E-state index in [2.05, 4.69) is 6.07 Å². The fraction of sp³-hybridized carbons (Fsp3) is 0.250. The number of halogens is 1. The quantitative estimate of drug-likeness (QED) is 0.747. The minimum absolute atomic E-state index is 0.00871. The van der Waals surface area contributed by atoms with Gasteiger partial charge in [0.1, 0.15) is 12.4 Å². The monoisotopic (exact) mass is 171 g/mol. The van der Waals surface area contributed by atoms with Crippen molar-refractivity contribution in [2.24, 2.45) is 0 Å². The Morgan fingerprint density at radius 3 is 3.09 bits per heavy atom. The zero-order valence-corrected chi connectivity index (χ0v) is 6.64. The normalized spacial score (nSPS) is 9.64. The molecule has 59 valence electrons. The SMILES string of the molecule is OCCOc1c[c]ccc1Cl. The van der Waals surface area contributed by atoms with Crippen LogP contribution in [0.4, 0.5) is 0 Å². The molecule has 0 aliphatic heterocycles. The molecule has 1 aromatic rings. The number of hydrogen-bond donors (Lipinski definition) is 1. The first-order valence-electron chi connectivity index (χ1n) is 3.24. The summed E-state index contributed by atoms with van der Waals surface area (Å²) in [6, 6.07) is 7.85. The lowest BCUT2D eigenvalue weighted by atomic mass is 10.3. The van der Waals surface area contributed by atoms with E-state index in [1.54, 1.807) is 18.2 Å². The summed E-state index contributed by atoms with van der Waals surface area (Å²) < 4.78 is 5.07. The number of ether oxygens (including phenoxy) is 1. The minimum atomic E-state index is -0.00871. The molecule has 0 amide bonds. The third-order valence-corrected chi connectivity index (χ3v) is 1.44. The van der Waals surface area contributed by atoms with Gasteiger partial charge in [-0.2, -0.15) is 0 Å². The van der Waals surface area contributed by atoms with E-state index in [4.69, 9.17) is 21.4 Å². The summed E-state index contributed by atoms with van der Waals surface area (Å²) in [7, 11) is 0. The van der Waals surface area contributed by atoms with Gasteiger partial charge in [0.15, 0.2) is 0 Å². The highest BCUT2D eigenvalue weighted by atomic mass is 35.5. The molecule has 0 fully saturated rings. The maximum atomic E-state index is 8.44. The summed E-state index contributed by atoms with van der Waals surface area (Å²) in [6.07, 6.45) is 0. The standard InChI is InChI=1S/C8H8ClO2/c9-7-3-1-2-4-8(7)11-6-5-10/h1,3-4,10H,5-6H2. The van der Waals surface area contributed by atoms with Crippen LogP contribution in [0.3, 0.4) is 0 Å². The zero-order chi connectivity index (χ0) is 8.10. The lowest BCUT2D eigenvalue weighted by Crippen LogP contribution is -2.01. The molecule has 1 rings (SSSR count). The van der Waals surface area contributed by atoms with Crippen molar-refractivity contribution in [2.45, 2.75) is 0 Å². The van der Waals surface area contributed by atoms with Crippen LogP contribution in [0.5, 0.6) is 5.75 Å². The highest BCUT2D eigenvalue weighted by Crippen LogP contribution is 2.22. The summed E-state index contributed by atoms with van der Waals surface area (Å²) >= 11 is 5.73. The first-order chi connectivity index (χ1) is 5.34. The summed E-state index contributed by atoms with van der Waals surface area (Å²) in [5, 5.41) is 8.98. The van der Waals surface area contributed by atoms with E-state index in [0.717, 1.165) is 0 Å². The molecule has 0 spiro atoms. The largest absolute Gasteiger partial charge is 0.490 e. The number of benzene rings is 1. The molecule has 0 bridgehead atoms. The van der Waals surface area contributed by atoms with Gasteiger partial charge in [-0.3, -0.25) is 0 Å². The van der Waals surface area contributed by atoms with Crippen LogP contribution in [-0.4, -0.2) is 18.3 Å². The molecule has 0 saturated carbocycles. The van der Waals surface area contributed by atoms with Gasteiger partial charge in [-0.15, -0.1) is 0 Å². The van der Waals surface area contributed by atoms with Gasteiger partial charge in [0.2, 0.25) is 0 Å². The van der Waals surface area contributed by atoms with Crippen LogP contribution >= 0.6 is 11.6 Å². The molecule has 3 heteroatoms. The Morgan fingerprint density at radius 1 is 1.64 bits per heavy atom. The van der Waals surface area contributed by atoms with Gasteiger partial charge < -0.3 is 9.84 Å². The van der Waals surface area contributed by atoms with Crippen molar-refractivity contribution >= 4 is 11.6 Å². The summed E-state index contributed by atoms with van der Waals surface area (Å²) in [5.74, 6) is 0.559. The summed E-state index contributed by atoms with van der Waals surface area (Å²) in [5.41, 5.74) is 0. The average molecular weight is 172 g/mol.